The van der Waals surface area contributed by atoms with Gasteiger partial charge in [0.25, 0.3) is 5.19 Å². The van der Waals surface area contributed by atoms with E-state index in [2.05, 4.69) is 4.98 Å². The van der Waals surface area contributed by atoms with E-state index in [9.17, 15) is 10.1 Å². The Hall–Kier alpha value is -1.99. The van der Waals surface area contributed by atoms with Gasteiger partial charge in [0.2, 0.25) is 0 Å². The second kappa shape index (κ2) is 5.56. The predicted molar refractivity (Wildman–Crippen MR) is 66.1 cm³/mol. The molecule has 0 bridgehead atoms. The van der Waals surface area contributed by atoms with Crippen molar-refractivity contribution in [3.05, 3.63) is 46.1 Å². The maximum Gasteiger partial charge on any atom is 0.347 e. The Kier molecular flexibility index (Phi) is 3.85. The van der Waals surface area contributed by atoms with Crippen LogP contribution in [0.5, 0.6) is 10.9 Å². The van der Waals surface area contributed by atoms with Crippen LogP contribution in [0.2, 0.25) is 0 Å². The molecular formula is C11H10N2O4S. The first kappa shape index (κ1) is 12.5. The van der Waals surface area contributed by atoms with Crippen LogP contribution in [0.1, 0.15) is 5.56 Å². The minimum Gasteiger partial charge on any atom is -0.431 e. The average Bonchev–Trinajstić information content (AvgIpc) is 2.81. The van der Waals surface area contributed by atoms with E-state index in [1.165, 1.54) is 6.20 Å². The third-order valence-electron chi connectivity index (χ3n) is 2.18. The number of benzene rings is 1. The zero-order valence-electron chi connectivity index (χ0n) is 9.28. The van der Waals surface area contributed by atoms with Crippen LogP contribution >= 0.6 is 11.3 Å². The molecule has 0 radical (unpaired) electrons. The maximum absolute atomic E-state index is 10.5. The molecule has 1 N–H and O–H groups in total. The number of aliphatic hydroxyl groups excluding tert-OH is 1. The van der Waals surface area contributed by atoms with Gasteiger partial charge in [-0.1, -0.05) is 12.1 Å². The van der Waals surface area contributed by atoms with Crippen LogP contribution in [0.3, 0.4) is 0 Å². The third-order valence-corrected chi connectivity index (χ3v) is 3.01. The van der Waals surface area contributed by atoms with Crippen LogP contribution < -0.4 is 4.74 Å². The Morgan fingerprint density at radius 2 is 2.11 bits per heavy atom. The van der Waals surface area contributed by atoms with Crippen LogP contribution in [-0.2, 0) is 6.42 Å². The molecule has 0 fully saturated rings. The second-order valence-electron chi connectivity index (χ2n) is 3.44. The number of rotatable bonds is 5. The van der Waals surface area contributed by atoms with E-state index in [-0.39, 0.29) is 16.8 Å². The summed E-state index contributed by atoms with van der Waals surface area (Å²) in [5, 5.41) is 19.4. The summed E-state index contributed by atoms with van der Waals surface area (Å²) < 4.78 is 5.38. The van der Waals surface area contributed by atoms with Gasteiger partial charge in [0.05, 0.1) is 4.92 Å². The molecule has 7 heteroatoms. The molecule has 0 saturated heterocycles. The predicted octanol–water partition coefficient (Wildman–Crippen LogP) is 2.38. The van der Waals surface area contributed by atoms with Crippen LogP contribution in [-0.4, -0.2) is 21.6 Å². The molecule has 2 aromatic rings. The van der Waals surface area contributed by atoms with Gasteiger partial charge in [-0.05, 0) is 35.5 Å². The Labute approximate surface area is 107 Å². The van der Waals surface area contributed by atoms with Gasteiger partial charge in [-0.15, -0.1) is 0 Å². The Morgan fingerprint density at radius 3 is 2.67 bits per heavy atom. The van der Waals surface area contributed by atoms with Crippen LogP contribution in [0, 0.1) is 10.1 Å². The fraction of sp³-hybridized carbons (Fsp3) is 0.182. The summed E-state index contributed by atoms with van der Waals surface area (Å²) in [6, 6.07) is 7.12. The number of hydrogen-bond acceptors (Lipinski definition) is 6. The van der Waals surface area contributed by atoms with Crippen molar-refractivity contribution >= 4 is 16.3 Å². The Morgan fingerprint density at radius 1 is 1.39 bits per heavy atom. The van der Waals surface area contributed by atoms with Crippen molar-refractivity contribution in [1.82, 2.24) is 4.98 Å². The summed E-state index contributed by atoms with van der Waals surface area (Å²) in [6.07, 6.45) is 1.75. The van der Waals surface area contributed by atoms with Crippen molar-refractivity contribution in [2.24, 2.45) is 0 Å². The van der Waals surface area contributed by atoms with Crippen molar-refractivity contribution in [2.45, 2.75) is 6.42 Å². The maximum atomic E-state index is 10.5. The molecule has 0 unspecified atom stereocenters. The lowest BCUT2D eigenvalue weighted by Gasteiger charge is -2.02. The van der Waals surface area contributed by atoms with Crippen LogP contribution in [0.4, 0.5) is 5.00 Å². The van der Waals surface area contributed by atoms with Crippen molar-refractivity contribution in [1.29, 1.82) is 0 Å². The molecule has 0 saturated carbocycles. The lowest BCUT2D eigenvalue weighted by molar-refractivity contribution is -0.380. The number of aromatic nitrogens is 1. The van der Waals surface area contributed by atoms with Crippen molar-refractivity contribution in [2.75, 3.05) is 6.61 Å². The highest BCUT2D eigenvalue weighted by Gasteiger charge is 2.12. The van der Waals surface area contributed by atoms with E-state index < -0.39 is 4.92 Å². The zero-order valence-corrected chi connectivity index (χ0v) is 10.1. The lowest BCUT2D eigenvalue weighted by atomic mass is 10.1. The number of nitro groups is 1. The topological polar surface area (TPSA) is 85.5 Å². The van der Waals surface area contributed by atoms with Gasteiger partial charge in [-0.25, -0.2) is 4.98 Å². The van der Waals surface area contributed by atoms with E-state index in [0.29, 0.717) is 12.2 Å². The Balaban J connectivity index is 2.06. The molecule has 1 heterocycles. The molecule has 1 aromatic carbocycles. The largest absolute Gasteiger partial charge is 0.431 e. The molecule has 0 aliphatic heterocycles. The summed E-state index contributed by atoms with van der Waals surface area (Å²) in [5.74, 6) is 0.556. The number of aliphatic hydroxyl groups is 1. The van der Waals surface area contributed by atoms with E-state index >= 15 is 0 Å². The molecule has 6 nitrogen and oxygen atoms in total. The summed E-state index contributed by atoms with van der Waals surface area (Å²) >= 11 is 0.878. The number of thiazole rings is 1. The standard InChI is InChI=1S/C11H10N2O4S/c14-6-5-8-1-3-9(4-2-8)17-11-12-7-10(18-11)13(15)16/h1-4,7,14H,5-6H2. The minimum atomic E-state index is -0.505. The molecule has 0 spiro atoms. The van der Waals surface area contributed by atoms with Gasteiger partial charge in [0.1, 0.15) is 11.9 Å². The second-order valence-corrected chi connectivity index (χ2v) is 4.41. The van der Waals surface area contributed by atoms with Gasteiger partial charge < -0.3 is 9.84 Å². The molecule has 18 heavy (non-hydrogen) atoms. The smallest absolute Gasteiger partial charge is 0.347 e. The van der Waals surface area contributed by atoms with Gasteiger partial charge >= 0.3 is 5.00 Å². The van der Waals surface area contributed by atoms with E-state index in [1.807, 2.05) is 12.1 Å². The fourth-order valence-corrected chi connectivity index (χ4v) is 1.94. The van der Waals surface area contributed by atoms with Crippen molar-refractivity contribution < 1.29 is 14.8 Å². The minimum absolute atomic E-state index is 0.0538. The summed E-state index contributed by atoms with van der Waals surface area (Å²) in [7, 11) is 0. The molecule has 2 rings (SSSR count). The fourth-order valence-electron chi connectivity index (χ4n) is 1.34. The highest BCUT2D eigenvalue weighted by atomic mass is 32.1. The van der Waals surface area contributed by atoms with Gasteiger partial charge in [0, 0.05) is 6.61 Å². The molecule has 94 valence electrons. The van der Waals surface area contributed by atoms with Crippen molar-refractivity contribution in [3.8, 4) is 10.9 Å². The van der Waals surface area contributed by atoms with Gasteiger partial charge in [-0.3, -0.25) is 10.1 Å². The number of hydrogen-bond donors (Lipinski definition) is 1. The molecule has 0 aliphatic carbocycles. The van der Waals surface area contributed by atoms with E-state index in [4.69, 9.17) is 9.84 Å². The first-order valence-corrected chi connectivity index (χ1v) is 5.98. The first-order valence-electron chi connectivity index (χ1n) is 5.17. The van der Waals surface area contributed by atoms with Gasteiger partial charge in [-0.2, -0.15) is 0 Å². The summed E-state index contributed by atoms with van der Waals surface area (Å²) in [5.41, 5.74) is 0.995. The molecule has 0 aliphatic rings. The third kappa shape index (κ3) is 3.02. The SMILES string of the molecule is O=[N+]([O-])c1cnc(Oc2ccc(CCO)cc2)s1. The quantitative estimate of drug-likeness (QED) is 0.663. The summed E-state index contributed by atoms with van der Waals surface area (Å²) in [4.78, 5) is 13.8. The van der Waals surface area contributed by atoms with E-state index in [0.717, 1.165) is 16.9 Å². The summed E-state index contributed by atoms with van der Waals surface area (Å²) in [6.45, 7) is 0.0961. The first-order chi connectivity index (χ1) is 8.69. The van der Waals surface area contributed by atoms with Crippen LogP contribution in [0.25, 0.3) is 0 Å². The molecule has 0 atom stereocenters. The molecule has 0 amide bonds. The number of ether oxygens (including phenoxy) is 1. The monoisotopic (exact) mass is 266 g/mol. The van der Waals surface area contributed by atoms with Crippen molar-refractivity contribution in [3.63, 3.8) is 0 Å². The van der Waals surface area contributed by atoms with Crippen LogP contribution in [0.15, 0.2) is 30.5 Å². The average molecular weight is 266 g/mol. The zero-order chi connectivity index (χ0) is 13.0. The molecular weight excluding hydrogens is 256 g/mol. The normalized spacial score (nSPS) is 10.3. The van der Waals surface area contributed by atoms with Gasteiger partial charge in [0.15, 0.2) is 0 Å². The molecule has 1 aromatic heterocycles. The van der Waals surface area contributed by atoms with E-state index in [1.54, 1.807) is 12.1 Å². The number of nitrogens with zero attached hydrogens (tertiary/aromatic N) is 2. The lowest BCUT2D eigenvalue weighted by Crippen LogP contribution is -1.90. The highest BCUT2D eigenvalue weighted by molar-refractivity contribution is 7.16. The Bertz CT molecular complexity index is 538. The highest BCUT2D eigenvalue weighted by Crippen LogP contribution is 2.30.